The molecule has 2 unspecified atom stereocenters. The number of methoxy groups -OCH3 is 2. The normalized spacial score (nSPS) is 13.1. The first-order valence-corrected chi connectivity index (χ1v) is 8.78. The number of ether oxygens (including phenoxy) is 2. The van der Waals surface area contributed by atoms with Gasteiger partial charge in [-0.05, 0) is 24.3 Å². The third-order valence-electron chi connectivity index (χ3n) is 4.02. The van der Waals surface area contributed by atoms with Crippen molar-refractivity contribution >= 4 is 23.0 Å². The summed E-state index contributed by atoms with van der Waals surface area (Å²) in [6, 6.07) is 6.17. The number of hydrogen-bond donors (Lipinski definition) is 4. The van der Waals surface area contributed by atoms with Gasteiger partial charge in [0, 0.05) is 31.6 Å². The summed E-state index contributed by atoms with van der Waals surface area (Å²) < 4.78 is 9.17. The van der Waals surface area contributed by atoms with Crippen molar-refractivity contribution in [2.75, 3.05) is 27.3 Å². The molecule has 2 aromatic heterocycles. The van der Waals surface area contributed by atoms with Crippen LogP contribution in [0.4, 0.5) is 0 Å². The minimum atomic E-state index is -0.724. The zero-order chi connectivity index (χ0) is 20.5. The van der Waals surface area contributed by atoms with Gasteiger partial charge in [-0.15, -0.1) is 0 Å². The Bertz CT molecular complexity index is 753. The Morgan fingerprint density at radius 3 is 1.71 bits per heavy atom. The molecule has 0 aliphatic carbocycles. The van der Waals surface area contributed by atoms with E-state index >= 15 is 0 Å². The number of esters is 2. The molecule has 10 nitrogen and oxygen atoms in total. The monoisotopic (exact) mass is 390 g/mol. The molecule has 0 spiro atoms. The van der Waals surface area contributed by atoms with Crippen LogP contribution in [0.2, 0.25) is 0 Å². The molecule has 2 heterocycles. The van der Waals surface area contributed by atoms with E-state index in [1.807, 2.05) is 24.3 Å². The Morgan fingerprint density at radius 1 is 0.893 bits per heavy atom. The second-order valence-corrected chi connectivity index (χ2v) is 6.17. The van der Waals surface area contributed by atoms with Gasteiger partial charge in [0.05, 0.1) is 25.6 Å². The highest BCUT2D eigenvalue weighted by Gasteiger charge is 2.14. The van der Waals surface area contributed by atoms with Crippen LogP contribution in [0.15, 0.2) is 24.3 Å². The van der Waals surface area contributed by atoms with Crippen LogP contribution >= 0.6 is 0 Å². The molecule has 0 saturated heterocycles. The molecule has 2 atom stereocenters. The smallest absolute Gasteiger partial charge is 0.323 e. The SMILES string of the molecule is COC(=O)C(N)CNCc1ccc2ccc(CNCC(N)C(=O)OC)nc2n1. The Morgan fingerprint density at radius 2 is 1.32 bits per heavy atom. The van der Waals surface area contributed by atoms with Crippen LogP contribution in [0.5, 0.6) is 0 Å². The van der Waals surface area contributed by atoms with Crippen molar-refractivity contribution in [2.45, 2.75) is 25.2 Å². The number of nitrogens with two attached hydrogens (primary N) is 2. The topological polar surface area (TPSA) is 154 Å². The molecule has 0 bridgehead atoms. The molecule has 28 heavy (non-hydrogen) atoms. The van der Waals surface area contributed by atoms with Gasteiger partial charge in [-0.2, -0.15) is 0 Å². The average molecular weight is 390 g/mol. The number of aromatic nitrogens is 2. The van der Waals surface area contributed by atoms with Gasteiger partial charge in [0.1, 0.15) is 12.1 Å². The second kappa shape index (κ2) is 10.6. The van der Waals surface area contributed by atoms with Crippen molar-refractivity contribution in [1.82, 2.24) is 20.6 Å². The molecule has 152 valence electrons. The van der Waals surface area contributed by atoms with E-state index in [0.717, 1.165) is 16.8 Å². The molecule has 10 heteroatoms. The Labute approximate surface area is 163 Å². The first kappa shape index (κ1) is 21.6. The average Bonchev–Trinajstić information content (AvgIpc) is 2.71. The van der Waals surface area contributed by atoms with Crippen LogP contribution in [0.3, 0.4) is 0 Å². The molecule has 0 saturated carbocycles. The van der Waals surface area contributed by atoms with Gasteiger partial charge in [0.2, 0.25) is 0 Å². The lowest BCUT2D eigenvalue weighted by atomic mass is 10.2. The fourth-order valence-corrected chi connectivity index (χ4v) is 2.46. The predicted molar refractivity (Wildman–Crippen MR) is 103 cm³/mol. The second-order valence-electron chi connectivity index (χ2n) is 6.17. The van der Waals surface area contributed by atoms with Crippen LogP contribution in [-0.2, 0) is 32.2 Å². The molecule has 0 aliphatic heterocycles. The minimum absolute atomic E-state index is 0.282. The largest absolute Gasteiger partial charge is 0.468 e. The highest BCUT2D eigenvalue weighted by molar-refractivity contribution is 5.76. The van der Waals surface area contributed by atoms with E-state index in [4.69, 9.17) is 11.5 Å². The molecule has 2 rings (SSSR count). The predicted octanol–water partition coefficient (Wildman–Crippen LogP) is -1.19. The maximum atomic E-state index is 11.3. The van der Waals surface area contributed by atoms with Gasteiger partial charge in [-0.1, -0.05) is 0 Å². The van der Waals surface area contributed by atoms with E-state index in [1.165, 1.54) is 14.2 Å². The standard InChI is InChI=1S/C18H26N6O4/c1-27-17(25)14(19)9-21-7-12-5-3-11-4-6-13(24-16(11)23-12)8-22-10-15(20)18(26)28-2/h3-6,14-15,21-22H,7-10,19-20H2,1-2H3. The number of nitrogens with zero attached hydrogens (tertiary/aromatic N) is 2. The number of carbonyl (C=O) groups excluding carboxylic acids is 2. The molecular weight excluding hydrogens is 364 g/mol. The molecule has 0 amide bonds. The highest BCUT2D eigenvalue weighted by Crippen LogP contribution is 2.11. The summed E-state index contributed by atoms with van der Waals surface area (Å²) in [6.45, 7) is 1.45. The van der Waals surface area contributed by atoms with Gasteiger partial charge in [-0.3, -0.25) is 9.59 Å². The Hall–Kier alpha value is -2.66. The first-order valence-electron chi connectivity index (χ1n) is 8.78. The van der Waals surface area contributed by atoms with Gasteiger partial charge >= 0.3 is 11.9 Å². The number of nitrogens with one attached hydrogen (secondary N) is 2. The summed E-state index contributed by atoms with van der Waals surface area (Å²) >= 11 is 0. The zero-order valence-corrected chi connectivity index (χ0v) is 16.0. The fraction of sp³-hybridized carbons (Fsp3) is 0.444. The third-order valence-corrected chi connectivity index (χ3v) is 4.02. The summed E-state index contributed by atoms with van der Waals surface area (Å²) in [5, 5.41) is 7.05. The van der Waals surface area contributed by atoms with E-state index in [9.17, 15) is 9.59 Å². The highest BCUT2D eigenvalue weighted by atomic mass is 16.5. The summed E-state index contributed by atoms with van der Waals surface area (Å²) in [5.41, 5.74) is 13.5. The Balaban J connectivity index is 1.93. The number of hydrogen-bond acceptors (Lipinski definition) is 10. The molecular formula is C18H26N6O4. The summed E-state index contributed by atoms with van der Waals surface area (Å²) in [6.07, 6.45) is 0. The van der Waals surface area contributed by atoms with E-state index in [0.29, 0.717) is 18.7 Å². The maximum Gasteiger partial charge on any atom is 0.323 e. The summed E-state index contributed by atoms with van der Waals surface area (Å²) in [7, 11) is 2.60. The van der Waals surface area contributed by atoms with Gasteiger partial charge in [0.15, 0.2) is 5.65 Å². The fourth-order valence-electron chi connectivity index (χ4n) is 2.46. The van der Waals surface area contributed by atoms with Crippen LogP contribution in [0, 0.1) is 0 Å². The summed E-state index contributed by atoms with van der Waals surface area (Å²) in [4.78, 5) is 31.6. The van der Waals surface area contributed by atoms with Crippen molar-refractivity contribution in [3.63, 3.8) is 0 Å². The van der Waals surface area contributed by atoms with E-state index in [2.05, 4.69) is 30.1 Å². The molecule has 6 N–H and O–H groups in total. The van der Waals surface area contributed by atoms with Crippen LogP contribution in [-0.4, -0.2) is 61.3 Å². The van der Waals surface area contributed by atoms with Crippen LogP contribution in [0.1, 0.15) is 11.4 Å². The van der Waals surface area contributed by atoms with Gasteiger partial charge in [-0.25, -0.2) is 9.97 Å². The van der Waals surface area contributed by atoms with E-state index in [1.54, 1.807) is 0 Å². The van der Waals surface area contributed by atoms with E-state index in [-0.39, 0.29) is 13.1 Å². The maximum absolute atomic E-state index is 11.3. The molecule has 2 aromatic rings. The van der Waals surface area contributed by atoms with Crippen LogP contribution < -0.4 is 22.1 Å². The summed E-state index contributed by atoms with van der Waals surface area (Å²) in [5.74, 6) is -0.936. The Kier molecular flexibility index (Phi) is 8.20. The molecule has 0 fully saturated rings. The van der Waals surface area contributed by atoms with E-state index < -0.39 is 24.0 Å². The van der Waals surface area contributed by atoms with Gasteiger partial charge in [0.25, 0.3) is 0 Å². The van der Waals surface area contributed by atoms with Crippen LogP contribution in [0.25, 0.3) is 11.0 Å². The minimum Gasteiger partial charge on any atom is -0.468 e. The number of rotatable bonds is 10. The first-order chi connectivity index (χ1) is 13.4. The molecule has 0 aliphatic rings. The molecule has 0 aromatic carbocycles. The number of fused-ring (bicyclic) bond motifs is 1. The van der Waals surface area contributed by atoms with Crippen molar-refractivity contribution in [2.24, 2.45) is 11.5 Å². The number of carbonyl (C=O) groups is 2. The van der Waals surface area contributed by atoms with Gasteiger partial charge < -0.3 is 31.6 Å². The van der Waals surface area contributed by atoms with Crippen molar-refractivity contribution in [1.29, 1.82) is 0 Å². The third kappa shape index (κ3) is 6.20. The quantitative estimate of drug-likeness (QED) is 0.364. The van der Waals surface area contributed by atoms with Crippen molar-refractivity contribution in [3.05, 3.63) is 35.7 Å². The number of pyridine rings is 2. The van der Waals surface area contributed by atoms with Crippen molar-refractivity contribution in [3.8, 4) is 0 Å². The lowest BCUT2D eigenvalue weighted by molar-refractivity contribution is -0.142. The zero-order valence-electron chi connectivity index (χ0n) is 16.0. The molecule has 0 radical (unpaired) electrons. The lowest BCUT2D eigenvalue weighted by Gasteiger charge is -2.11. The van der Waals surface area contributed by atoms with Crippen molar-refractivity contribution < 1.29 is 19.1 Å². The lowest BCUT2D eigenvalue weighted by Crippen LogP contribution is -2.41.